The molecule has 16 heavy (non-hydrogen) atoms. The third-order valence-corrected chi connectivity index (χ3v) is 3.04. The normalized spacial score (nSPS) is 15.2. The van der Waals surface area contributed by atoms with Gasteiger partial charge in [-0.25, -0.2) is 0 Å². The van der Waals surface area contributed by atoms with Crippen LogP contribution in [0.3, 0.4) is 0 Å². The van der Waals surface area contributed by atoms with Gasteiger partial charge >= 0.3 is 0 Å². The average Bonchev–Trinajstić information content (AvgIpc) is 2.17. The molecule has 0 aliphatic carbocycles. The summed E-state index contributed by atoms with van der Waals surface area (Å²) >= 11 is 0. The molecule has 82 valence electrons. The highest BCUT2D eigenvalue weighted by atomic mass is 16.4. The lowest BCUT2D eigenvalue weighted by Gasteiger charge is -2.31. The molecule has 0 spiro atoms. The summed E-state index contributed by atoms with van der Waals surface area (Å²) < 4.78 is 5.73. The van der Waals surface area contributed by atoms with Crippen LogP contribution in [0, 0.1) is 6.92 Å². The van der Waals surface area contributed by atoms with Gasteiger partial charge in [0.25, 0.3) is 0 Å². The summed E-state index contributed by atoms with van der Waals surface area (Å²) in [6, 6.07) is 7.31. The fourth-order valence-electron chi connectivity index (χ4n) is 1.95. The topological polar surface area (TPSA) is 33.5 Å². The van der Waals surface area contributed by atoms with Crippen molar-refractivity contribution in [2.24, 2.45) is 0 Å². The molecule has 1 aromatic carbocycles. The molecule has 0 saturated carbocycles. The van der Waals surface area contributed by atoms with Crippen LogP contribution in [0.5, 0.6) is 0 Å². The SMILES string of the molecule is Cc1ccc2oc(N3CCC3)cc(=O)c2c1. The largest absolute Gasteiger partial charge is 0.440 e. The van der Waals surface area contributed by atoms with Gasteiger partial charge in [-0.1, -0.05) is 11.6 Å². The minimum Gasteiger partial charge on any atom is -0.440 e. The van der Waals surface area contributed by atoms with Gasteiger partial charge in [0.1, 0.15) is 5.58 Å². The Morgan fingerprint density at radius 1 is 1.25 bits per heavy atom. The van der Waals surface area contributed by atoms with E-state index in [2.05, 4.69) is 4.90 Å². The second-order valence-corrected chi connectivity index (χ2v) is 4.29. The van der Waals surface area contributed by atoms with Crippen molar-refractivity contribution in [1.29, 1.82) is 0 Å². The second kappa shape index (κ2) is 3.37. The lowest BCUT2D eigenvalue weighted by Crippen LogP contribution is -2.37. The molecule has 3 rings (SSSR count). The van der Waals surface area contributed by atoms with Crippen LogP contribution < -0.4 is 10.3 Å². The maximum absolute atomic E-state index is 11.9. The summed E-state index contributed by atoms with van der Waals surface area (Å²) in [5, 5.41) is 0.671. The first-order valence-electron chi connectivity index (χ1n) is 5.53. The third kappa shape index (κ3) is 1.40. The number of hydrogen-bond acceptors (Lipinski definition) is 3. The Balaban J connectivity index is 2.22. The lowest BCUT2D eigenvalue weighted by molar-refractivity contribution is 0.514. The van der Waals surface area contributed by atoms with E-state index in [1.54, 1.807) is 6.07 Å². The Bertz CT molecular complexity index is 596. The van der Waals surface area contributed by atoms with E-state index in [9.17, 15) is 4.79 Å². The molecule has 0 N–H and O–H groups in total. The van der Waals surface area contributed by atoms with Crippen LogP contribution in [0.1, 0.15) is 12.0 Å². The molecule has 1 aliphatic heterocycles. The molecule has 3 heteroatoms. The molecular weight excluding hydrogens is 202 g/mol. The number of benzene rings is 1. The number of rotatable bonds is 1. The van der Waals surface area contributed by atoms with Gasteiger partial charge in [-0.05, 0) is 25.5 Å². The van der Waals surface area contributed by atoms with Crippen LogP contribution in [0.25, 0.3) is 11.0 Å². The minimum atomic E-state index is 0.0480. The number of fused-ring (bicyclic) bond motifs is 1. The van der Waals surface area contributed by atoms with Crippen molar-refractivity contribution in [1.82, 2.24) is 0 Å². The molecule has 0 unspecified atom stereocenters. The Morgan fingerprint density at radius 3 is 2.75 bits per heavy atom. The summed E-state index contributed by atoms with van der Waals surface area (Å²) in [5.41, 5.74) is 1.81. The van der Waals surface area contributed by atoms with Gasteiger partial charge in [0.15, 0.2) is 11.3 Å². The van der Waals surface area contributed by atoms with Crippen LogP contribution in [-0.4, -0.2) is 13.1 Å². The summed E-state index contributed by atoms with van der Waals surface area (Å²) in [6.45, 7) is 3.95. The van der Waals surface area contributed by atoms with E-state index in [0.717, 1.165) is 18.7 Å². The van der Waals surface area contributed by atoms with E-state index in [1.165, 1.54) is 6.42 Å². The van der Waals surface area contributed by atoms with Gasteiger partial charge < -0.3 is 9.32 Å². The van der Waals surface area contributed by atoms with Gasteiger partial charge in [0.2, 0.25) is 0 Å². The van der Waals surface area contributed by atoms with Crippen molar-refractivity contribution < 1.29 is 4.42 Å². The van der Waals surface area contributed by atoms with Crippen molar-refractivity contribution in [3.05, 3.63) is 40.1 Å². The van der Waals surface area contributed by atoms with Crippen LogP contribution in [-0.2, 0) is 0 Å². The van der Waals surface area contributed by atoms with Gasteiger partial charge in [0.05, 0.1) is 5.39 Å². The molecule has 0 atom stereocenters. The molecule has 1 saturated heterocycles. The standard InChI is InChI=1S/C13H13NO2/c1-9-3-4-12-10(7-9)11(15)8-13(16-12)14-5-2-6-14/h3-4,7-8H,2,5-6H2,1H3. The van der Waals surface area contributed by atoms with Crippen LogP contribution in [0.15, 0.2) is 33.5 Å². The molecule has 3 nitrogen and oxygen atoms in total. The number of anilines is 1. The first-order chi connectivity index (χ1) is 7.74. The minimum absolute atomic E-state index is 0.0480. The zero-order valence-electron chi connectivity index (χ0n) is 9.19. The summed E-state index contributed by atoms with van der Waals surface area (Å²) in [5.74, 6) is 0.701. The maximum Gasteiger partial charge on any atom is 0.199 e. The van der Waals surface area contributed by atoms with Crippen LogP contribution >= 0.6 is 0 Å². The first-order valence-corrected chi connectivity index (χ1v) is 5.53. The molecule has 1 fully saturated rings. The summed E-state index contributed by atoms with van der Waals surface area (Å²) in [7, 11) is 0. The van der Waals surface area contributed by atoms with E-state index in [4.69, 9.17) is 4.42 Å². The predicted molar refractivity (Wildman–Crippen MR) is 64.1 cm³/mol. The van der Waals surface area contributed by atoms with Crippen molar-refractivity contribution in [2.45, 2.75) is 13.3 Å². The maximum atomic E-state index is 11.9. The van der Waals surface area contributed by atoms with E-state index in [-0.39, 0.29) is 5.43 Å². The first kappa shape index (κ1) is 9.46. The zero-order chi connectivity index (χ0) is 11.1. The quantitative estimate of drug-likeness (QED) is 0.732. The van der Waals surface area contributed by atoms with E-state index in [1.807, 2.05) is 25.1 Å². The van der Waals surface area contributed by atoms with Crippen molar-refractivity contribution in [3.63, 3.8) is 0 Å². The fourth-order valence-corrected chi connectivity index (χ4v) is 1.95. The number of aryl methyl sites for hydroxylation is 1. The zero-order valence-corrected chi connectivity index (χ0v) is 9.19. The molecule has 1 aromatic heterocycles. The lowest BCUT2D eigenvalue weighted by atomic mass is 10.1. The smallest absolute Gasteiger partial charge is 0.199 e. The highest BCUT2D eigenvalue weighted by Crippen LogP contribution is 2.23. The Hall–Kier alpha value is -1.77. The van der Waals surface area contributed by atoms with Crippen molar-refractivity contribution in [3.8, 4) is 0 Å². The number of hydrogen-bond donors (Lipinski definition) is 0. The molecule has 0 amide bonds. The van der Waals surface area contributed by atoms with Crippen LogP contribution in [0.2, 0.25) is 0 Å². The third-order valence-electron chi connectivity index (χ3n) is 3.04. The Kier molecular flexibility index (Phi) is 1.99. The Morgan fingerprint density at radius 2 is 2.06 bits per heavy atom. The molecule has 0 bridgehead atoms. The predicted octanol–water partition coefficient (Wildman–Crippen LogP) is 2.31. The number of nitrogens with zero attached hydrogens (tertiary/aromatic N) is 1. The van der Waals surface area contributed by atoms with Crippen molar-refractivity contribution in [2.75, 3.05) is 18.0 Å². The molecule has 2 heterocycles. The highest BCUT2D eigenvalue weighted by Gasteiger charge is 2.17. The van der Waals surface area contributed by atoms with E-state index in [0.29, 0.717) is 16.9 Å². The van der Waals surface area contributed by atoms with Gasteiger partial charge in [0, 0.05) is 19.2 Å². The summed E-state index contributed by atoms with van der Waals surface area (Å²) in [4.78, 5) is 14.0. The molecule has 1 aliphatic rings. The van der Waals surface area contributed by atoms with Gasteiger partial charge in [-0.2, -0.15) is 0 Å². The Labute approximate surface area is 93.3 Å². The fraction of sp³-hybridized carbons (Fsp3) is 0.308. The van der Waals surface area contributed by atoms with Gasteiger partial charge in [-0.3, -0.25) is 4.79 Å². The van der Waals surface area contributed by atoms with E-state index < -0.39 is 0 Å². The van der Waals surface area contributed by atoms with E-state index >= 15 is 0 Å². The molecular formula is C13H13NO2. The molecule has 2 aromatic rings. The summed E-state index contributed by atoms with van der Waals surface area (Å²) in [6.07, 6.45) is 1.18. The van der Waals surface area contributed by atoms with Gasteiger partial charge in [-0.15, -0.1) is 0 Å². The average molecular weight is 215 g/mol. The monoisotopic (exact) mass is 215 g/mol. The highest BCUT2D eigenvalue weighted by molar-refractivity contribution is 5.78. The second-order valence-electron chi connectivity index (χ2n) is 4.29. The molecule has 0 radical (unpaired) electrons. The van der Waals surface area contributed by atoms with Crippen molar-refractivity contribution >= 4 is 16.9 Å². The van der Waals surface area contributed by atoms with Crippen LogP contribution in [0.4, 0.5) is 5.88 Å².